The third kappa shape index (κ3) is 7.69. The fraction of sp³-hybridized carbons (Fsp3) is 0.923. The van der Waals surface area contributed by atoms with Crippen molar-refractivity contribution in [2.75, 3.05) is 13.1 Å². The molecule has 3 heteroatoms. The van der Waals surface area contributed by atoms with Gasteiger partial charge in [-0.15, -0.1) is 0 Å². The molecule has 0 rings (SSSR count). The molecular weight excluding hydrogens is 200 g/mol. The topological polar surface area (TPSA) is 41.1 Å². The Morgan fingerprint density at radius 1 is 1.12 bits per heavy atom. The molecule has 2 N–H and O–H groups in total. The summed E-state index contributed by atoms with van der Waals surface area (Å²) in [5, 5.41) is 6.13. The first-order valence-corrected chi connectivity index (χ1v) is 6.04. The van der Waals surface area contributed by atoms with Crippen LogP contribution in [0.5, 0.6) is 0 Å². The van der Waals surface area contributed by atoms with Gasteiger partial charge in [-0.3, -0.25) is 4.79 Å². The predicted octanol–water partition coefficient (Wildman–Crippen LogP) is 2.17. The molecule has 0 saturated heterocycles. The van der Waals surface area contributed by atoms with E-state index in [-0.39, 0.29) is 16.9 Å². The highest BCUT2D eigenvalue weighted by Gasteiger charge is 2.20. The van der Waals surface area contributed by atoms with Crippen LogP contribution in [0.4, 0.5) is 0 Å². The number of rotatable bonds is 4. The maximum Gasteiger partial charge on any atom is 0.233 e. The Hall–Kier alpha value is -0.570. The maximum absolute atomic E-state index is 11.5. The quantitative estimate of drug-likeness (QED) is 0.774. The van der Waals surface area contributed by atoms with Gasteiger partial charge in [-0.05, 0) is 32.1 Å². The standard InChI is InChI=1S/C13H28N2O/c1-10(12(2,3)4)8-14-11(16)9-15-13(5,6)7/h10,15H,8-9H2,1-7H3,(H,14,16). The second-order valence-corrected chi connectivity index (χ2v) is 6.67. The van der Waals surface area contributed by atoms with Crippen molar-refractivity contribution in [3.63, 3.8) is 0 Å². The summed E-state index contributed by atoms with van der Waals surface area (Å²) in [7, 11) is 0. The Balaban J connectivity index is 3.83. The monoisotopic (exact) mass is 228 g/mol. The van der Waals surface area contributed by atoms with E-state index in [0.29, 0.717) is 12.5 Å². The van der Waals surface area contributed by atoms with E-state index in [0.717, 1.165) is 6.54 Å². The fourth-order valence-corrected chi connectivity index (χ4v) is 0.981. The molecule has 3 nitrogen and oxygen atoms in total. The summed E-state index contributed by atoms with van der Waals surface area (Å²) in [6.07, 6.45) is 0. The van der Waals surface area contributed by atoms with E-state index in [9.17, 15) is 4.79 Å². The number of hydrogen-bond acceptors (Lipinski definition) is 2. The first-order valence-electron chi connectivity index (χ1n) is 6.04. The molecule has 0 aromatic rings. The van der Waals surface area contributed by atoms with Gasteiger partial charge in [0.05, 0.1) is 6.54 Å². The number of hydrogen-bond donors (Lipinski definition) is 2. The van der Waals surface area contributed by atoms with E-state index in [1.807, 2.05) is 0 Å². The summed E-state index contributed by atoms with van der Waals surface area (Å²) in [5.74, 6) is 0.553. The Bertz CT molecular complexity index is 223. The Labute approximate surface area is 100 Å². The molecular formula is C13H28N2O. The lowest BCUT2D eigenvalue weighted by molar-refractivity contribution is -0.120. The number of amides is 1. The van der Waals surface area contributed by atoms with Gasteiger partial charge in [0.2, 0.25) is 5.91 Å². The van der Waals surface area contributed by atoms with E-state index in [1.165, 1.54) is 0 Å². The van der Waals surface area contributed by atoms with Gasteiger partial charge in [0.25, 0.3) is 0 Å². The summed E-state index contributed by atoms with van der Waals surface area (Å²) in [4.78, 5) is 11.5. The van der Waals surface area contributed by atoms with Gasteiger partial charge in [-0.1, -0.05) is 27.7 Å². The summed E-state index contributed by atoms with van der Waals surface area (Å²) in [5.41, 5.74) is 0.234. The average molecular weight is 228 g/mol. The van der Waals surface area contributed by atoms with Gasteiger partial charge in [-0.25, -0.2) is 0 Å². The highest BCUT2D eigenvalue weighted by Crippen LogP contribution is 2.24. The van der Waals surface area contributed by atoms with Gasteiger partial charge in [0, 0.05) is 12.1 Å². The van der Waals surface area contributed by atoms with Crippen LogP contribution in [0.3, 0.4) is 0 Å². The van der Waals surface area contributed by atoms with Gasteiger partial charge in [0.1, 0.15) is 0 Å². The van der Waals surface area contributed by atoms with Crippen LogP contribution >= 0.6 is 0 Å². The summed E-state index contributed by atoms with van der Waals surface area (Å²) >= 11 is 0. The van der Waals surface area contributed by atoms with Crippen LogP contribution in [0.1, 0.15) is 48.5 Å². The van der Waals surface area contributed by atoms with E-state index >= 15 is 0 Å². The van der Waals surface area contributed by atoms with Crippen LogP contribution in [0, 0.1) is 11.3 Å². The second kappa shape index (κ2) is 5.67. The van der Waals surface area contributed by atoms with Crippen LogP contribution in [0.15, 0.2) is 0 Å². The molecule has 0 fully saturated rings. The molecule has 0 aromatic carbocycles. The van der Waals surface area contributed by atoms with Gasteiger partial charge in [-0.2, -0.15) is 0 Å². The molecule has 0 bridgehead atoms. The lowest BCUT2D eigenvalue weighted by Crippen LogP contribution is -2.44. The van der Waals surface area contributed by atoms with Crippen molar-refractivity contribution in [1.82, 2.24) is 10.6 Å². The molecule has 0 aliphatic heterocycles. The lowest BCUT2D eigenvalue weighted by atomic mass is 9.82. The zero-order valence-electron chi connectivity index (χ0n) is 11.9. The largest absolute Gasteiger partial charge is 0.355 e. The summed E-state index contributed by atoms with van der Waals surface area (Å²) in [6.45, 7) is 16.0. The minimum atomic E-state index is -0.00696. The third-order valence-electron chi connectivity index (χ3n) is 2.86. The SMILES string of the molecule is CC(CNC(=O)CNC(C)(C)C)C(C)(C)C. The Kier molecular flexibility index (Phi) is 5.47. The molecule has 0 aliphatic carbocycles. The van der Waals surface area contributed by atoms with E-state index < -0.39 is 0 Å². The van der Waals surface area contributed by atoms with Crippen molar-refractivity contribution in [1.29, 1.82) is 0 Å². The number of carbonyl (C=O) groups is 1. The molecule has 96 valence electrons. The number of nitrogens with one attached hydrogen (secondary N) is 2. The minimum Gasteiger partial charge on any atom is -0.355 e. The molecule has 0 heterocycles. The van der Waals surface area contributed by atoms with Crippen molar-refractivity contribution in [2.24, 2.45) is 11.3 Å². The molecule has 0 spiro atoms. The highest BCUT2D eigenvalue weighted by atomic mass is 16.1. The fourth-order valence-electron chi connectivity index (χ4n) is 0.981. The van der Waals surface area contributed by atoms with Crippen molar-refractivity contribution in [2.45, 2.75) is 54.0 Å². The maximum atomic E-state index is 11.5. The lowest BCUT2D eigenvalue weighted by Gasteiger charge is -2.27. The van der Waals surface area contributed by atoms with Crippen molar-refractivity contribution < 1.29 is 4.79 Å². The smallest absolute Gasteiger partial charge is 0.233 e. The van der Waals surface area contributed by atoms with Crippen LogP contribution in [-0.2, 0) is 4.79 Å². The first-order chi connectivity index (χ1) is 7.02. The van der Waals surface area contributed by atoms with E-state index in [4.69, 9.17) is 0 Å². The third-order valence-corrected chi connectivity index (χ3v) is 2.86. The summed E-state index contributed by atoms with van der Waals surface area (Å²) < 4.78 is 0. The molecule has 0 aromatic heterocycles. The number of carbonyl (C=O) groups excluding carboxylic acids is 1. The molecule has 0 aliphatic rings. The van der Waals surface area contributed by atoms with E-state index in [1.54, 1.807) is 0 Å². The van der Waals surface area contributed by atoms with Crippen LogP contribution < -0.4 is 10.6 Å². The Morgan fingerprint density at radius 2 is 1.62 bits per heavy atom. The van der Waals surface area contributed by atoms with Crippen molar-refractivity contribution in [3.8, 4) is 0 Å². The molecule has 0 saturated carbocycles. The first kappa shape index (κ1) is 15.4. The predicted molar refractivity (Wildman–Crippen MR) is 69.4 cm³/mol. The van der Waals surface area contributed by atoms with Crippen LogP contribution in [0.25, 0.3) is 0 Å². The molecule has 16 heavy (non-hydrogen) atoms. The summed E-state index contributed by atoms with van der Waals surface area (Å²) in [6, 6.07) is 0. The van der Waals surface area contributed by atoms with Gasteiger partial charge >= 0.3 is 0 Å². The second-order valence-electron chi connectivity index (χ2n) is 6.67. The van der Waals surface area contributed by atoms with Gasteiger partial charge < -0.3 is 10.6 Å². The Morgan fingerprint density at radius 3 is 2.00 bits per heavy atom. The zero-order valence-corrected chi connectivity index (χ0v) is 11.9. The molecule has 1 unspecified atom stereocenters. The zero-order chi connectivity index (χ0) is 13.0. The highest BCUT2D eigenvalue weighted by molar-refractivity contribution is 5.78. The molecule has 0 radical (unpaired) electrons. The van der Waals surface area contributed by atoms with Gasteiger partial charge in [0.15, 0.2) is 0 Å². The normalized spacial score (nSPS) is 14.7. The van der Waals surface area contributed by atoms with Crippen molar-refractivity contribution in [3.05, 3.63) is 0 Å². The van der Waals surface area contributed by atoms with Crippen molar-refractivity contribution >= 4 is 5.91 Å². The minimum absolute atomic E-state index is 0.00696. The molecule has 1 amide bonds. The van der Waals surface area contributed by atoms with Crippen LogP contribution in [-0.4, -0.2) is 24.5 Å². The van der Waals surface area contributed by atoms with Crippen LogP contribution in [0.2, 0.25) is 0 Å². The average Bonchev–Trinajstić information content (AvgIpc) is 2.08. The molecule has 1 atom stereocenters. The van der Waals surface area contributed by atoms with E-state index in [2.05, 4.69) is 59.1 Å².